The number of esters is 1. The first-order valence-electron chi connectivity index (χ1n) is 8.28. The van der Waals surface area contributed by atoms with Crippen molar-refractivity contribution in [1.82, 2.24) is 0 Å². The molecule has 0 amide bonds. The number of Topliss-reactive ketones (excluding diaryl/α,β-unsaturated/α-hetero) is 1. The molecule has 0 fully saturated rings. The molecule has 150 valence electrons. The highest BCUT2D eigenvalue weighted by molar-refractivity contribution is 5.96. The van der Waals surface area contributed by atoms with Gasteiger partial charge in [-0.3, -0.25) is 4.79 Å². The molecule has 2 rings (SSSR count). The third-order valence-corrected chi connectivity index (χ3v) is 4.33. The van der Waals surface area contributed by atoms with Gasteiger partial charge in [0.25, 0.3) is 0 Å². The third kappa shape index (κ3) is 4.11. The highest BCUT2D eigenvalue weighted by Crippen LogP contribution is 2.42. The third-order valence-electron chi connectivity index (χ3n) is 4.33. The van der Waals surface area contributed by atoms with Crippen molar-refractivity contribution in [1.29, 1.82) is 0 Å². The summed E-state index contributed by atoms with van der Waals surface area (Å²) in [5.41, 5.74) is -0.937. The highest BCUT2D eigenvalue weighted by Gasteiger charge is 2.37. The van der Waals surface area contributed by atoms with Gasteiger partial charge < -0.3 is 14.7 Å². The predicted molar refractivity (Wildman–Crippen MR) is 97.7 cm³/mol. The van der Waals surface area contributed by atoms with Crippen molar-refractivity contribution < 1.29 is 32.6 Å². The second-order valence-electron chi connectivity index (χ2n) is 6.44. The molecule has 1 N–H and O–H groups in total. The molecule has 0 saturated heterocycles. The summed E-state index contributed by atoms with van der Waals surface area (Å²) in [5.74, 6) is -3.10. The Morgan fingerprint density at radius 2 is 1.71 bits per heavy atom. The van der Waals surface area contributed by atoms with Gasteiger partial charge in [0.1, 0.15) is 17.1 Å². The molecule has 0 saturated carbocycles. The van der Waals surface area contributed by atoms with Crippen molar-refractivity contribution in [2.45, 2.75) is 19.0 Å². The molecule has 2 aromatic carbocycles. The molecule has 0 radical (unpaired) electrons. The van der Waals surface area contributed by atoms with Gasteiger partial charge in [0.2, 0.25) is 0 Å². The summed E-state index contributed by atoms with van der Waals surface area (Å²) in [6.07, 6.45) is -4.66. The van der Waals surface area contributed by atoms with E-state index in [-0.39, 0.29) is 16.7 Å². The van der Waals surface area contributed by atoms with Crippen molar-refractivity contribution >= 4 is 17.4 Å². The molecular weight excluding hydrogens is 375 g/mol. The van der Waals surface area contributed by atoms with Crippen LogP contribution in [-0.2, 0) is 15.7 Å². The highest BCUT2D eigenvalue weighted by atomic mass is 19.4. The maximum atomic E-state index is 13.5. The van der Waals surface area contributed by atoms with Crippen LogP contribution in [0.1, 0.15) is 39.9 Å². The molecule has 1 atom stereocenters. The average Bonchev–Trinajstić information content (AvgIpc) is 2.61. The number of hydrogen-bond acceptors (Lipinski definition) is 5. The maximum Gasteiger partial charge on any atom is 0.416 e. The normalized spacial score (nSPS) is 12.4. The van der Waals surface area contributed by atoms with Crippen LogP contribution in [-0.4, -0.2) is 38.1 Å². The van der Waals surface area contributed by atoms with E-state index in [4.69, 9.17) is 0 Å². The molecule has 28 heavy (non-hydrogen) atoms. The number of phenolic OH excluding ortho intramolecular Hbond substituents is 1. The van der Waals surface area contributed by atoms with Gasteiger partial charge in [0.05, 0.1) is 18.6 Å². The van der Waals surface area contributed by atoms with E-state index in [1.165, 1.54) is 37.3 Å². The van der Waals surface area contributed by atoms with Crippen LogP contribution in [0.15, 0.2) is 36.4 Å². The minimum absolute atomic E-state index is 0.160. The van der Waals surface area contributed by atoms with E-state index >= 15 is 0 Å². The van der Waals surface area contributed by atoms with Crippen LogP contribution in [0, 0.1) is 0 Å². The number of anilines is 1. The molecule has 0 aliphatic heterocycles. The standard InChI is InChI=1S/C20H20F3NO4/c1-11(25)18(12-7-5-6-8-15(12)20(21,22)23)13-9-14(19(27)28-4)17(26)10-16(13)24(2)3/h5-10,18,26H,1-4H3. The molecule has 0 aromatic heterocycles. The summed E-state index contributed by atoms with van der Waals surface area (Å²) in [4.78, 5) is 26.0. The monoisotopic (exact) mass is 395 g/mol. The van der Waals surface area contributed by atoms with Crippen molar-refractivity contribution in [3.63, 3.8) is 0 Å². The van der Waals surface area contributed by atoms with E-state index in [1.807, 2.05) is 0 Å². The topological polar surface area (TPSA) is 66.8 Å². The first kappa shape index (κ1) is 21.3. The number of alkyl halides is 3. The van der Waals surface area contributed by atoms with E-state index < -0.39 is 35.2 Å². The largest absolute Gasteiger partial charge is 0.507 e. The fourth-order valence-corrected chi connectivity index (χ4v) is 3.10. The Balaban J connectivity index is 2.85. The number of carbonyl (C=O) groups excluding carboxylic acids is 2. The summed E-state index contributed by atoms with van der Waals surface area (Å²) in [6.45, 7) is 1.18. The molecule has 1 unspecified atom stereocenters. The Bertz CT molecular complexity index is 907. The Labute approximate surface area is 160 Å². The van der Waals surface area contributed by atoms with Crippen molar-refractivity contribution in [2.75, 3.05) is 26.1 Å². The second kappa shape index (κ2) is 7.92. The summed E-state index contributed by atoms with van der Waals surface area (Å²) in [5, 5.41) is 10.1. The molecule has 2 aromatic rings. The SMILES string of the molecule is COC(=O)c1cc(C(C(C)=O)c2ccccc2C(F)(F)F)c(N(C)C)cc1O. The summed E-state index contributed by atoms with van der Waals surface area (Å²) in [6, 6.07) is 7.23. The molecule has 5 nitrogen and oxygen atoms in total. The second-order valence-corrected chi connectivity index (χ2v) is 6.44. The molecule has 8 heteroatoms. The van der Waals surface area contributed by atoms with Gasteiger partial charge in [-0.2, -0.15) is 13.2 Å². The first-order valence-corrected chi connectivity index (χ1v) is 8.28. The molecule has 0 aliphatic carbocycles. The number of carbonyl (C=O) groups is 2. The number of rotatable bonds is 5. The number of phenols is 1. The summed E-state index contributed by atoms with van der Waals surface area (Å²) < 4.78 is 45.2. The van der Waals surface area contributed by atoms with Crippen LogP contribution in [0.2, 0.25) is 0 Å². The van der Waals surface area contributed by atoms with Crippen LogP contribution >= 0.6 is 0 Å². The first-order chi connectivity index (χ1) is 13.0. The lowest BCUT2D eigenvalue weighted by Crippen LogP contribution is -2.21. The van der Waals surface area contributed by atoms with Gasteiger partial charge >= 0.3 is 12.1 Å². The van der Waals surface area contributed by atoms with Crippen LogP contribution in [0.3, 0.4) is 0 Å². The zero-order chi connectivity index (χ0) is 21.2. The van der Waals surface area contributed by atoms with Gasteiger partial charge in [-0.25, -0.2) is 4.79 Å². The quantitative estimate of drug-likeness (QED) is 0.776. The fourth-order valence-electron chi connectivity index (χ4n) is 3.10. The van der Waals surface area contributed by atoms with Gasteiger partial charge in [0, 0.05) is 25.8 Å². The van der Waals surface area contributed by atoms with E-state index in [1.54, 1.807) is 19.0 Å². The number of nitrogens with zero attached hydrogens (tertiary/aromatic N) is 1. The van der Waals surface area contributed by atoms with Crippen molar-refractivity contribution in [2.24, 2.45) is 0 Å². The number of benzene rings is 2. The fraction of sp³-hybridized carbons (Fsp3) is 0.300. The Hall–Kier alpha value is -3.03. The van der Waals surface area contributed by atoms with Crippen molar-refractivity contribution in [3.05, 3.63) is 58.7 Å². The number of methoxy groups -OCH3 is 1. The van der Waals surface area contributed by atoms with Gasteiger partial charge in [-0.15, -0.1) is 0 Å². The lowest BCUT2D eigenvalue weighted by Gasteiger charge is -2.26. The average molecular weight is 395 g/mol. The molecule has 0 bridgehead atoms. The van der Waals surface area contributed by atoms with Gasteiger partial charge in [0.15, 0.2) is 0 Å². The summed E-state index contributed by atoms with van der Waals surface area (Å²) >= 11 is 0. The van der Waals surface area contributed by atoms with E-state index in [0.717, 1.165) is 13.2 Å². The number of ketones is 1. The minimum atomic E-state index is -4.66. The molecule has 0 aliphatic rings. The van der Waals surface area contributed by atoms with E-state index in [2.05, 4.69) is 4.74 Å². The molecule has 0 spiro atoms. The minimum Gasteiger partial charge on any atom is -0.507 e. The zero-order valence-corrected chi connectivity index (χ0v) is 15.8. The van der Waals surface area contributed by atoms with E-state index in [0.29, 0.717) is 5.69 Å². The van der Waals surface area contributed by atoms with Crippen LogP contribution < -0.4 is 4.90 Å². The number of ether oxygens (including phenoxy) is 1. The smallest absolute Gasteiger partial charge is 0.416 e. The predicted octanol–water partition coefficient (Wildman–Crippen LogP) is 3.98. The number of hydrogen-bond donors (Lipinski definition) is 1. The Kier molecular flexibility index (Phi) is 6.01. The Morgan fingerprint density at radius 3 is 2.21 bits per heavy atom. The van der Waals surface area contributed by atoms with Crippen LogP contribution in [0.4, 0.5) is 18.9 Å². The lowest BCUT2D eigenvalue weighted by atomic mass is 9.83. The Morgan fingerprint density at radius 1 is 1.11 bits per heavy atom. The summed E-state index contributed by atoms with van der Waals surface area (Å²) in [7, 11) is 4.34. The van der Waals surface area contributed by atoms with Crippen LogP contribution in [0.25, 0.3) is 0 Å². The maximum absolute atomic E-state index is 13.5. The zero-order valence-electron chi connectivity index (χ0n) is 15.8. The van der Waals surface area contributed by atoms with Gasteiger partial charge in [-0.1, -0.05) is 18.2 Å². The van der Waals surface area contributed by atoms with E-state index in [9.17, 15) is 27.9 Å². The van der Waals surface area contributed by atoms with Gasteiger partial charge in [-0.05, 0) is 30.2 Å². The number of aromatic hydroxyl groups is 1. The molecule has 0 heterocycles. The van der Waals surface area contributed by atoms with Crippen molar-refractivity contribution in [3.8, 4) is 5.75 Å². The molecular formula is C20H20F3NO4. The lowest BCUT2D eigenvalue weighted by molar-refractivity contribution is -0.138. The number of halogens is 3. The van der Waals surface area contributed by atoms with Crippen LogP contribution in [0.5, 0.6) is 5.75 Å².